The third-order valence-electron chi connectivity index (χ3n) is 3.26. The molecule has 0 spiro atoms. The Hall–Kier alpha value is -0.520. The fourth-order valence-electron chi connectivity index (χ4n) is 2.47. The smallest absolute Gasteiger partial charge is 0.0127 e. The van der Waals surface area contributed by atoms with E-state index in [4.69, 9.17) is 0 Å². The topological polar surface area (TPSA) is 0 Å². The van der Waals surface area contributed by atoms with Crippen LogP contribution in [0.2, 0.25) is 0 Å². The molecule has 86 valence electrons. The molecule has 0 aromatic carbocycles. The van der Waals surface area contributed by atoms with Crippen molar-refractivity contribution in [2.45, 2.75) is 72.1 Å². The van der Waals surface area contributed by atoms with Gasteiger partial charge in [-0.3, -0.25) is 0 Å². The van der Waals surface area contributed by atoms with Gasteiger partial charge in [0, 0.05) is 0 Å². The molecule has 0 aromatic heterocycles. The third kappa shape index (κ3) is 3.52. The maximum Gasteiger partial charge on any atom is -0.0127 e. The molecule has 0 saturated carbocycles. The maximum atomic E-state index is 2.49. The first-order valence-corrected chi connectivity index (χ1v) is 6.73. The lowest BCUT2D eigenvalue weighted by Gasteiger charge is -2.10. The highest BCUT2D eigenvalue weighted by atomic mass is 14.2. The summed E-state index contributed by atoms with van der Waals surface area (Å²) in [7, 11) is 0. The van der Waals surface area contributed by atoms with Gasteiger partial charge in [0.15, 0.2) is 0 Å². The van der Waals surface area contributed by atoms with Crippen LogP contribution in [0.3, 0.4) is 0 Å². The zero-order valence-electron chi connectivity index (χ0n) is 10.7. The lowest BCUT2D eigenvalue weighted by atomic mass is 9.96. The van der Waals surface area contributed by atoms with E-state index in [1.165, 1.54) is 51.4 Å². The Balaban J connectivity index is 2.64. The predicted octanol–water partition coefficient (Wildman–Crippen LogP) is 5.40. The monoisotopic (exact) mass is 206 g/mol. The molecule has 0 amide bonds. The minimum Gasteiger partial charge on any atom is -0.0770 e. The summed E-state index contributed by atoms with van der Waals surface area (Å²) in [5, 5.41) is 0. The molecule has 0 aromatic rings. The highest BCUT2D eigenvalue weighted by molar-refractivity contribution is 5.42. The van der Waals surface area contributed by atoms with Crippen molar-refractivity contribution >= 4 is 0 Å². The molecule has 0 unspecified atom stereocenters. The van der Waals surface area contributed by atoms with Crippen LogP contribution in [-0.2, 0) is 0 Å². The Morgan fingerprint density at radius 3 is 2.27 bits per heavy atom. The summed E-state index contributed by atoms with van der Waals surface area (Å²) in [4.78, 5) is 0. The van der Waals surface area contributed by atoms with Crippen molar-refractivity contribution in [2.75, 3.05) is 0 Å². The fraction of sp³-hybridized carbons (Fsp3) is 0.733. The van der Waals surface area contributed by atoms with Crippen molar-refractivity contribution < 1.29 is 0 Å². The van der Waals surface area contributed by atoms with E-state index in [-0.39, 0.29) is 0 Å². The molecule has 0 fully saturated rings. The molecule has 15 heavy (non-hydrogen) atoms. The minimum absolute atomic E-state index is 1.25. The Bertz CT molecular complexity index is 243. The van der Waals surface area contributed by atoms with Gasteiger partial charge in [-0.15, -0.1) is 0 Å². The van der Waals surface area contributed by atoms with E-state index in [1.807, 2.05) is 0 Å². The molecule has 0 heteroatoms. The minimum atomic E-state index is 1.25. The van der Waals surface area contributed by atoms with Crippen molar-refractivity contribution in [3.05, 3.63) is 22.8 Å². The number of rotatable bonds is 7. The molecule has 0 saturated heterocycles. The van der Waals surface area contributed by atoms with Crippen molar-refractivity contribution in [2.24, 2.45) is 0 Å². The summed E-state index contributed by atoms with van der Waals surface area (Å²) < 4.78 is 0. The first kappa shape index (κ1) is 12.5. The Morgan fingerprint density at radius 2 is 1.67 bits per heavy atom. The van der Waals surface area contributed by atoms with Gasteiger partial charge in [0.1, 0.15) is 0 Å². The molecular formula is C15H26. The SMILES string of the molecule is CCCCC1=C(CCC)C(CCC)=CC1. The van der Waals surface area contributed by atoms with Gasteiger partial charge in [0.2, 0.25) is 0 Å². The van der Waals surface area contributed by atoms with Gasteiger partial charge in [-0.2, -0.15) is 0 Å². The van der Waals surface area contributed by atoms with E-state index in [1.54, 1.807) is 16.7 Å². The second-order valence-corrected chi connectivity index (χ2v) is 4.62. The Morgan fingerprint density at radius 1 is 0.933 bits per heavy atom. The molecule has 0 bridgehead atoms. The summed E-state index contributed by atoms with van der Waals surface area (Å²) in [6.07, 6.45) is 13.0. The lowest BCUT2D eigenvalue weighted by Crippen LogP contribution is -1.91. The van der Waals surface area contributed by atoms with Crippen LogP contribution in [0.1, 0.15) is 72.1 Å². The number of hydrogen-bond donors (Lipinski definition) is 0. The van der Waals surface area contributed by atoms with Crippen LogP contribution < -0.4 is 0 Å². The van der Waals surface area contributed by atoms with E-state index in [0.29, 0.717) is 0 Å². The summed E-state index contributed by atoms with van der Waals surface area (Å²) in [6, 6.07) is 0. The van der Waals surface area contributed by atoms with E-state index in [0.717, 1.165) is 0 Å². The van der Waals surface area contributed by atoms with E-state index >= 15 is 0 Å². The van der Waals surface area contributed by atoms with Crippen molar-refractivity contribution in [3.63, 3.8) is 0 Å². The van der Waals surface area contributed by atoms with Gasteiger partial charge in [0.25, 0.3) is 0 Å². The van der Waals surface area contributed by atoms with Crippen molar-refractivity contribution in [1.82, 2.24) is 0 Å². The number of hydrogen-bond acceptors (Lipinski definition) is 0. The molecular weight excluding hydrogens is 180 g/mol. The number of unbranched alkanes of at least 4 members (excludes halogenated alkanes) is 1. The highest BCUT2D eigenvalue weighted by Crippen LogP contribution is 2.34. The zero-order chi connectivity index (χ0) is 11.1. The molecule has 0 radical (unpaired) electrons. The summed E-state index contributed by atoms with van der Waals surface area (Å²) in [6.45, 7) is 6.87. The zero-order valence-corrected chi connectivity index (χ0v) is 10.7. The van der Waals surface area contributed by atoms with Crippen LogP contribution in [0.5, 0.6) is 0 Å². The molecule has 0 heterocycles. The molecule has 0 N–H and O–H groups in total. The normalized spacial score (nSPS) is 16.1. The average molecular weight is 206 g/mol. The largest absolute Gasteiger partial charge is 0.0770 e. The summed E-state index contributed by atoms with van der Waals surface area (Å²) in [5.74, 6) is 0. The van der Waals surface area contributed by atoms with Gasteiger partial charge < -0.3 is 0 Å². The Labute approximate surface area is 95.5 Å². The first-order chi connectivity index (χ1) is 7.33. The number of allylic oxidation sites excluding steroid dienone is 4. The highest BCUT2D eigenvalue weighted by Gasteiger charge is 2.15. The molecule has 0 aliphatic heterocycles. The van der Waals surface area contributed by atoms with Gasteiger partial charge in [-0.1, -0.05) is 51.7 Å². The van der Waals surface area contributed by atoms with E-state index < -0.39 is 0 Å². The molecule has 0 atom stereocenters. The third-order valence-corrected chi connectivity index (χ3v) is 3.26. The standard InChI is InChI=1S/C15H26/c1-4-7-10-14-12-11-13(8-5-2)15(14)9-6-3/h11H,4-10,12H2,1-3H3. The van der Waals surface area contributed by atoms with Gasteiger partial charge in [0.05, 0.1) is 0 Å². The van der Waals surface area contributed by atoms with E-state index in [2.05, 4.69) is 26.8 Å². The van der Waals surface area contributed by atoms with E-state index in [9.17, 15) is 0 Å². The van der Waals surface area contributed by atoms with Gasteiger partial charge >= 0.3 is 0 Å². The van der Waals surface area contributed by atoms with Crippen LogP contribution in [0, 0.1) is 0 Å². The average Bonchev–Trinajstić information content (AvgIpc) is 2.60. The summed E-state index contributed by atoms with van der Waals surface area (Å²) in [5.41, 5.74) is 5.15. The van der Waals surface area contributed by atoms with Gasteiger partial charge in [-0.25, -0.2) is 0 Å². The van der Waals surface area contributed by atoms with Crippen LogP contribution in [0.4, 0.5) is 0 Å². The molecule has 0 nitrogen and oxygen atoms in total. The fourth-order valence-corrected chi connectivity index (χ4v) is 2.47. The van der Waals surface area contributed by atoms with Gasteiger partial charge in [-0.05, 0) is 43.3 Å². The molecule has 1 aliphatic carbocycles. The predicted molar refractivity (Wildman–Crippen MR) is 69.1 cm³/mol. The lowest BCUT2D eigenvalue weighted by molar-refractivity contribution is 0.762. The Kier molecular flexibility index (Phi) is 5.75. The van der Waals surface area contributed by atoms with Crippen molar-refractivity contribution in [3.8, 4) is 0 Å². The first-order valence-electron chi connectivity index (χ1n) is 6.73. The van der Waals surface area contributed by atoms with Crippen LogP contribution >= 0.6 is 0 Å². The van der Waals surface area contributed by atoms with Crippen LogP contribution in [0.25, 0.3) is 0 Å². The quantitative estimate of drug-likeness (QED) is 0.523. The van der Waals surface area contributed by atoms with Crippen LogP contribution in [0.15, 0.2) is 22.8 Å². The molecule has 1 aliphatic rings. The van der Waals surface area contributed by atoms with Crippen LogP contribution in [-0.4, -0.2) is 0 Å². The van der Waals surface area contributed by atoms with Crippen molar-refractivity contribution in [1.29, 1.82) is 0 Å². The second-order valence-electron chi connectivity index (χ2n) is 4.62. The second kappa shape index (κ2) is 6.87. The molecule has 1 rings (SSSR count). The summed E-state index contributed by atoms with van der Waals surface area (Å²) >= 11 is 0. The maximum absolute atomic E-state index is 2.49.